The van der Waals surface area contributed by atoms with Crippen LogP contribution < -0.4 is 0 Å². The summed E-state index contributed by atoms with van der Waals surface area (Å²) in [5, 5.41) is 0. The van der Waals surface area contributed by atoms with Gasteiger partial charge in [-0.15, -0.1) is 5.73 Å². The first-order valence-electron chi connectivity index (χ1n) is 4.18. The molecule has 0 aliphatic heterocycles. The molecule has 0 bridgehead atoms. The standard InChI is InChI=1S/C11H7F3/c12-11(13,14)10-7-3-5-8-4-1-2-6-9(8)10/h1-4,6-7,9H. The summed E-state index contributed by atoms with van der Waals surface area (Å²) in [7, 11) is 0. The first kappa shape index (κ1) is 9.10. The van der Waals surface area contributed by atoms with E-state index in [0.29, 0.717) is 5.57 Å². The smallest absolute Gasteiger partial charge is 0.166 e. The van der Waals surface area contributed by atoms with Crippen molar-refractivity contribution in [2.75, 3.05) is 0 Å². The van der Waals surface area contributed by atoms with Crippen LogP contribution >= 0.6 is 0 Å². The Morgan fingerprint density at radius 2 is 2.00 bits per heavy atom. The Kier molecular flexibility index (Phi) is 1.97. The highest BCUT2D eigenvalue weighted by molar-refractivity contribution is 5.44. The molecule has 72 valence electrons. The third kappa shape index (κ3) is 1.47. The monoisotopic (exact) mass is 196 g/mol. The summed E-state index contributed by atoms with van der Waals surface area (Å²) in [5.41, 5.74) is 2.85. The molecule has 2 aliphatic rings. The number of hydrogen-bond donors (Lipinski definition) is 0. The summed E-state index contributed by atoms with van der Waals surface area (Å²) >= 11 is 0. The molecule has 0 saturated heterocycles. The van der Waals surface area contributed by atoms with Crippen molar-refractivity contribution in [1.82, 2.24) is 0 Å². The van der Waals surface area contributed by atoms with Crippen molar-refractivity contribution >= 4 is 0 Å². The summed E-state index contributed by atoms with van der Waals surface area (Å²) in [6.45, 7) is 0. The Balaban J connectivity index is 2.43. The number of alkyl halides is 3. The van der Waals surface area contributed by atoms with Gasteiger partial charge in [0.2, 0.25) is 0 Å². The lowest BCUT2D eigenvalue weighted by Gasteiger charge is -2.22. The van der Waals surface area contributed by atoms with Gasteiger partial charge >= 0.3 is 6.18 Å². The zero-order valence-electron chi connectivity index (χ0n) is 7.18. The van der Waals surface area contributed by atoms with Crippen LogP contribution in [0.3, 0.4) is 0 Å². The minimum Gasteiger partial charge on any atom is -0.166 e. The second-order valence-electron chi connectivity index (χ2n) is 3.11. The van der Waals surface area contributed by atoms with E-state index < -0.39 is 17.7 Å². The molecule has 0 aromatic rings. The normalized spacial score (nSPS) is 24.4. The van der Waals surface area contributed by atoms with E-state index >= 15 is 0 Å². The molecule has 1 atom stereocenters. The zero-order valence-corrected chi connectivity index (χ0v) is 7.18. The molecule has 14 heavy (non-hydrogen) atoms. The van der Waals surface area contributed by atoms with E-state index in [0.717, 1.165) is 6.08 Å². The summed E-state index contributed by atoms with van der Waals surface area (Å²) in [6, 6.07) is 0. The zero-order chi connectivity index (χ0) is 10.2. The average Bonchev–Trinajstić information content (AvgIpc) is 2.15. The molecule has 0 aromatic heterocycles. The van der Waals surface area contributed by atoms with Gasteiger partial charge in [0.25, 0.3) is 0 Å². The number of hydrogen-bond acceptors (Lipinski definition) is 0. The first-order chi connectivity index (χ1) is 6.59. The molecule has 0 nitrogen and oxygen atoms in total. The highest BCUT2D eigenvalue weighted by Crippen LogP contribution is 2.38. The van der Waals surface area contributed by atoms with Gasteiger partial charge in [0, 0.05) is 17.1 Å². The molecule has 0 amide bonds. The van der Waals surface area contributed by atoms with Crippen molar-refractivity contribution in [1.29, 1.82) is 0 Å². The Morgan fingerprint density at radius 3 is 2.71 bits per heavy atom. The van der Waals surface area contributed by atoms with Gasteiger partial charge in [-0.1, -0.05) is 24.3 Å². The molecule has 0 spiro atoms. The molecule has 1 unspecified atom stereocenters. The Hall–Kier alpha value is -1.47. The van der Waals surface area contributed by atoms with Crippen molar-refractivity contribution in [2.24, 2.45) is 5.92 Å². The van der Waals surface area contributed by atoms with E-state index in [1.807, 2.05) is 0 Å². The van der Waals surface area contributed by atoms with Crippen LogP contribution in [0.4, 0.5) is 13.2 Å². The molecule has 0 saturated carbocycles. The molecule has 0 heterocycles. The average molecular weight is 196 g/mol. The Labute approximate surface area is 79.4 Å². The topological polar surface area (TPSA) is 0 Å². The number of rotatable bonds is 0. The van der Waals surface area contributed by atoms with Crippen LogP contribution in [-0.4, -0.2) is 6.18 Å². The Bertz CT molecular complexity index is 399. The third-order valence-electron chi connectivity index (χ3n) is 2.20. The van der Waals surface area contributed by atoms with Crippen LogP contribution in [0.2, 0.25) is 0 Å². The molecule has 3 heteroatoms. The van der Waals surface area contributed by atoms with Crippen LogP contribution in [0, 0.1) is 5.92 Å². The predicted molar refractivity (Wildman–Crippen MR) is 47.5 cm³/mol. The molecule has 0 N–H and O–H groups in total. The number of halogens is 3. The lowest BCUT2D eigenvalue weighted by atomic mass is 9.85. The molecular formula is C11H7F3. The lowest BCUT2D eigenvalue weighted by Crippen LogP contribution is -2.21. The molecule has 0 radical (unpaired) electrons. The van der Waals surface area contributed by atoms with Gasteiger partial charge in [-0.2, -0.15) is 13.2 Å². The quantitative estimate of drug-likeness (QED) is 0.521. The van der Waals surface area contributed by atoms with Crippen molar-refractivity contribution in [3.8, 4) is 0 Å². The summed E-state index contributed by atoms with van der Waals surface area (Å²) in [6.07, 6.45) is 4.67. The minimum atomic E-state index is -4.26. The largest absolute Gasteiger partial charge is 0.413 e. The van der Waals surface area contributed by atoms with Crippen LogP contribution in [0.1, 0.15) is 0 Å². The summed E-state index contributed by atoms with van der Waals surface area (Å²) < 4.78 is 37.6. The summed E-state index contributed by atoms with van der Waals surface area (Å²) in [4.78, 5) is 0. The lowest BCUT2D eigenvalue weighted by molar-refractivity contribution is -0.0960. The minimum absolute atomic E-state index is 0.521. The van der Waals surface area contributed by atoms with Crippen molar-refractivity contribution in [3.05, 3.63) is 53.3 Å². The van der Waals surface area contributed by atoms with E-state index in [9.17, 15) is 13.2 Å². The predicted octanol–water partition coefficient (Wildman–Crippen LogP) is 3.31. The highest BCUT2D eigenvalue weighted by atomic mass is 19.4. The fourth-order valence-electron chi connectivity index (χ4n) is 1.55. The maximum Gasteiger partial charge on any atom is 0.413 e. The van der Waals surface area contributed by atoms with Crippen molar-refractivity contribution < 1.29 is 13.2 Å². The molecule has 2 aliphatic carbocycles. The van der Waals surface area contributed by atoms with Crippen LogP contribution in [0.5, 0.6) is 0 Å². The maximum atomic E-state index is 12.5. The Morgan fingerprint density at radius 1 is 1.21 bits per heavy atom. The molecule has 0 fully saturated rings. The van der Waals surface area contributed by atoms with Gasteiger partial charge in [-0.05, 0) is 12.2 Å². The molecular weight excluding hydrogens is 189 g/mol. The van der Waals surface area contributed by atoms with E-state index in [2.05, 4.69) is 5.73 Å². The van der Waals surface area contributed by atoms with E-state index in [-0.39, 0.29) is 0 Å². The SMILES string of the molecule is FC(F)(F)C1=CC=C=C2C=CC=CC21. The van der Waals surface area contributed by atoms with Gasteiger partial charge in [0.05, 0.1) is 0 Å². The fraction of sp³-hybridized carbons (Fsp3) is 0.182. The fourth-order valence-corrected chi connectivity index (χ4v) is 1.55. The van der Waals surface area contributed by atoms with E-state index in [4.69, 9.17) is 0 Å². The van der Waals surface area contributed by atoms with Crippen molar-refractivity contribution in [3.63, 3.8) is 0 Å². The van der Waals surface area contributed by atoms with Gasteiger partial charge in [0.15, 0.2) is 0 Å². The first-order valence-corrected chi connectivity index (χ1v) is 4.18. The molecule has 2 rings (SSSR count). The maximum absolute atomic E-state index is 12.5. The van der Waals surface area contributed by atoms with Crippen LogP contribution in [-0.2, 0) is 0 Å². The highest BCUT2D eigenvalue weighted by Gasteiger charge is 2.39. The van der Waals surface area contributed by atoms with Crippen molar-refractivity contribution in [2.45, 2.75) is 6.18 Å². The van der Waals surface area contributed by atoms with Crippen LogP contribution in [0.25, 0.3) is 0 Å². The van der Waals surface area contributed by atoms with Gasteiger partial charge in [-0.3, -0.25) is 0 Å². The van der Waals surface area contributed by atoms with Gasteiger partial charge < -0.3 is 0 Å². The van der Waals surface area contributed by atoms with Crippen LogP contribution in [0.15, 0.2) is 53.3 Å². The second kappa shape index (κ2) is 3.03. The summed E-state index contributed by atoms with van der Waals surface area (Å²) in [5.74, 6) is -0.676. The third-order valence-corrected chi connectivity index (χ3v) is 2.20. The number of fused-ring (bicyclic) bond motifs is 1. The van der Waals surface area contributed by atoms with Gasteiger partial charge in [-0.25, -0.2) is 0 Å². The second-order valence-corrected chi connectivity index (χ2v) is 3.11. The van der Waals surface area contributed by atoms with E-state index in [1.165, 1.54) is 12.2 Å². The van der Waals surface area contributed by atoms with Gasteiger partial charge in [0.1, 0.15) is 0 Å². The number of allylic oxidation sites excluding steroid dienone is 7. The van der Waals surface area contributed by atoms with E-state index in [1.54, 1.807) is 18.2 Å². The molecule has 0 aromatic carbocycles.